The van der Waals surface area contributed by atoms with Gasteiger partial charge in [-0.2, -0.15) is 0 Å². The van der Waals surface area contributed by atoms with Gasteiger partial charge >= 0.3 is 0 Å². The van der Waals surface area contributed by atoms with Crippen molar-refractivity contribution in [2.24, 2.45) is 4.99 Å². The van der Waals surface area contributed by atoms with Crippen LogP contribution in [-0.2, 0) is 11.2 Å². The molecule has 0 atom stereocenters. The van der Waals surface area contributed by atoms with Crippen molar-refractivity contribution in [1.82, 2.24) is 0 Å². The molecule has 0 aliphatic heterocycles. The molecule has 0 amide bonds. The van der Waals surface area contributed by atoms with Crippen LogP contribution in [0.15, 0.2) is 23.2 Å². The molecule has 0 radical (unpaired) electrons. The molecule has 0 aliphatic rings. The Bertz CT molecular complexity index is 318. The first-order valence-corrected chi connectivity index (χ1v) is 5.02. The largest absolute Gasteiger partial charge is 0.483 e. The second kappa shape index (κ2) is 5.43. The molecule has 0 N–H and O–H groups in total. The summed E-state index contributed by atoms with van der Waals surface area (Å²) in [6.45, 7) is 6.81. The Morgan fingerprint density at radius 2 is 2.14 bits per heavy atom. The number of benzene rings is 1. The van der Waals surface area contributed by atoms with Crippen molar-refractivity contribution >= 4 is 12.1 Å². The van der Waals surface area contributed by atoms with Crippen molar-refractivity contribution in [1.29, 1.82) is 0 Å². The second-order valence-electron chi connectivity index (χ2n) is 3.13. The first-order valence-electron chi connectivity index (χ1n) is 5.02. The summed E-state index contributed by atoms with van der Waals surface area (Å²) >= 11 is 0. The Morgan fingerprint density at radius 3 is 2.79 bits per heavy atom. The molecule has 14 heavy (non-hydrogen) atoms. The molecule has 1 rings (SSSR count). The number of ether oxygens (including phenoxy) is 1. The fourth-order valence-corrected chi connectivity index (χ4v) is 1.35. The summed E-state index contributed by atoms with van der Waals surface area (Å²) in [4.78, 5) is 4.32. The maximum absolute atomic E-state index is 5.10. The summed E-state index contributed by atoms with van der Waals surface area (Å²) in [6.07, 6.45) is 2.53. The van der Waals surface area contributed by atoms with Gasteiger partial charge in [-0.3, -0.25) is 0 Å². The molecule has 0 spiro atoms. The monoisotopic (exact) mass is 191 g/mol. The molecule has 0 unspecified atom stereocenters. The van der Waals surface area contributed by atoms with E-state index in [9.17, 15) is 0 Å². The van der Waals surface area contributed by atoms with Crippen molar-refractivity contribution in [2.75, 3.05) is 6.61 Å². The van der Waals surface area contributed by atoms with Crippen LogP contribution in [-0.4, -0.2) is 13.0 Å². The van der Waals surface area contributed by atoms with Crippen molar-refractivity contribution in [3.8, 4) is 0 Å². The molecule has 0 aliphatic carbocycles. The minimum Gasteiger partial charge on any atom is -0.483 e. The van der Waals surface area contributed by atoms with Gasteiger partial charge < -0.3 is 4.74 Å². The van der Waals surface area contributed by atoms with Crippen LogP contribution in [0.5, 0.6) is 0 Å². The van der Waals surface area contributed by atoms with E-state index in [1.165, 1.54) is 17.5 Å². The van der Waals surface area contributed by atoms with Crippen LogP contribution in [0, 0.1) is 6.92 Å². The Labute approximate surface area is 85.6 Å². The summed E-state index contributed by atoms with van der Waals surface area (Å²) in [6, 6.07) is 6.23. The van der Waals surface area contributed by atoms with Gasteiger partial charge in [-0.25, -0.2) is 4.99 Å². The summed E-state index contributed by atoms with van der Waals surface area (Å²) < 4.78 is 5.10. The van der Waals surface area contributed by atoms with Gasteiger partial charge in [-0.05, 0) is 31.4 Å². The summed E-state index contributed by atoms with van der Waals surface area (Å²) in [5.74, 6) is 0. The lowest BCUT2D eigenvalue weighted by molar-refractivity contribution is 0.344. The van der Waals surface area contributed by atoms with E-state index in [-0.39, 0.29) is 0 Å². The van der Waals surface area contributed by atoms with Gasteiger partial charge in [0.2, 0.25) is 0 Å². The fraction of sp³-hybridized carbons (Fsp3) is 0.417. The molecule has 2 heteroatoms. The van der Waals surface area contributed by atoms with Crippen LogP contribution in [0.4, 0.5) is 5.69 Å². The van der Waals surface area contributed by atoms with Gasteiger partial charge in [0.1, 0.15) is 0 Å². The number of hydrogen-bond donors (Lipinski definition) is 0. The van der Waals surface area contributed by atoms with Crippen molar-refractivity contribution in [2.45, 2.75) is 27.2 Å². The first-order chi connectivity index (χ1) is 6.79. The van der Waals surface area contributed by atoms with Crippen molar-refractivity contribution in [3.63, 3.8) is 0 Å². The third kappa shape index (κ3) is 2.59. The number of rotatable bonds is 4. The Hall–Kier alpha value is -1.31. The van der Waals surface area contributed by atoms with E-state index in [4.69, 9.17) is 4.74 Å². The Morgan fingerprint density at radius 1 is 1.36 bits per heavy atom. The van der Waals surface area contributed by atoms with Gasteiger partial charge in [0.05, 0.1) is 12.3 Å². The zero-order chi connectivity index (χ0) is 10.4. The van der Waals surface area contributed by atoms with E-state index in [0.717, 1.165) is 12.1 Å². The highest BCUT2D eigenvalue weighted by molar-refractivity contribution is 5.61. The molecule has 0 fully saturated rings. The van der Waals surface area contributed by atoms with Crippen LogP contribution in [0.1, 0.15) is 25.0 Å². The Balaban J connectivity index is 2.93. The molecule has 0 bridgehead atoms. The zero-order valence-corrected chi connectivity index (χ0v) is 9.08. The number of aliphatic imine (C=N–C) groups is 1. The molecule has 0 saturated carbocycles. The van der Waals surface area contributed by atoms with Gasteiger partial charge in [0, 0.05) is 0 Å². The van der Waals surface area contributed by atoms with E-state index >= 15 is 0 Å². The number of aryl methyl sites for hydroxylation is 2. The topological polar surface area (TPSA) is 21.6 Å². The average molecular weight is 191 g/mol. The highest BCUT2D eigenvalue weighted by atomic mass is 16.5. The number of nitrogens with zero attached hydrogens (tertiary/aromatic N) is 1. The minimum absolute atomic E-state index is 0.664. The van der Waals surface area contributed by atoms with Crippen LogP contribution in [0.2, 0.25) is 0 Å². The summed E-state index contributed by atoms with van der Waals surface area (Å²) in [5, 5.41) is 0. The molecular weight excluding hydrogens is 174 g/mol. The number of para-hydroxylation sites is 1. The number of hydrogen-bond acceptors (Lipinski definition) is 2. The fourth-order valence-electron chi connectivity index (χ4n) is 1.35. The lowest BCUT2D eigenvalue weighted by Crippen LogP contribution is -1.88. The Kier molecular flexibility index (Phi) is 4.17. The van der Waals surface area contributed by atoms with Gasteiger partial charge in [0.15, 0.2) is 6.40 Å². The van der Waals surface area contributed by atoms with E-state index in [2.05, 4.69) is 37.0 Å². The molecule has 1 aromatic rings. The van der Waals surface area contributed by atoms with E-state index in [0.29, 0.717) is 6.61 Å². The molecule has 0 heterocycles. The zero-order valence-electron chi connectivity index (χ0n) is 9.08. The lowest BCUT2D eigenvalue weighted by atomic mass is 10.1. The van der Waals surface area contributed by atoms with Crippen molar-refractivity contribution in [3.05, 3.63) is 29.3 Å². The summed E-state index contributed by atoms with van der Waals surface area (Å²) in [5.41, 5.74) is 3.50. The van der Waals surface area contributed by atoms with E-state index in [1.807, 2.05) is 6.92 Å². The maximum atomic E-state index is 5.10. The minimum atomic E-state index is 0.664. The second-order valence-corrected chi connectivity index (χ2v) is 3.13. The molecule has 0 aromatic heterocycles. The predicted molar refractivity (Wildman–Crippen MR) is 60.3 cm³/mol. The third-order valence-corrected chi connectivity index (χ3v) is 2.13. The van der Waals surface area contributed by atoms with Crippen LogP contribution in [0.25, 0.3) is 0 Å². The average Bonchev–Trinajstić information content (AvgIpc) is 2.20. The molecule has 2 nitrogen and oxygen atoms in total. The smallest absolute Gasteiger partial charge is 0.174 e. The van der Waals surface area contributed by atoms with Gasteiger partial charge in [0.25, 0.3) is 0 Å². The predicted octanol–water partition coefficient (Wildman–Crippen LogP) is 3.25. The molecular formula is C12H17NO. The molecule has 76 valence electrons. The van der Waals surface area contributed by atoms with Gasteiger partial charge in [-0.1, -0.05) is 25.1 Å². The molecule has 1 aromatic carbocycles. The summed E-state index contributed by atoms with van der Waals surface area (Å²) in [7, 11) is 0. The first kappa shape index (κ1) is 10.8. The van der Waals surface area contributed by atoms with Crippen molar-refractivity contribution < 1.29 is 4.74 Å². The molecule has 0 saturated heterocycles. The highest BCUT2D eigenvalue weighted by Crippen LogP contribution is 2.23. The lowest BCUT2D eigenvalue weighted by Gasteiger charge is -2.05. The van der Waals surface area contributed by atoms with E-state index < -0.39 is 0 Å². The van der Waals surface area contributed by atoms with Crippen LogP contribution >= 0.6 is 0 Å². The van der Waals surface area contributed by atoms with Crippen LogP contribution in [0.3, 0.4) is 0 Å². The maximum Gasteiger partial charge on any atom is 0.174 e. The quantitative estimate of drug-likeness (QED) is 0.528. The highest BCUT2D eigenvalue weighted by Gasteiger charge is 2.00. The van der Waals surface area contributed by atoms with E-state index in [1.54, 1.807) is 0 Å². The third-order valence-electron chi connectivity index (χ3n) is 2.13. The standard InChI is InChI=1S/C12H17NO/c1-4-11-8-6-7-10(3)12(11)13-9-14-5-2/h6-9H,4-5H2,1-3H3. The van der Waals surface area contributed by atoms with Gasteiger partial charge in [-0.15, -0.1) is 0 Å². The normalized spacial score (nSPS) is 10.8. The SMILES string of the molecule is CCOC=Nc1c(C)cccc1CC. The van der Waals surface area contributed by atoms with Crippen LogP contribution < -0.4 is 0 Å².